The Labute approximate surface area is 101 Å². The van der Waals surface area contributed by atoms with Crippen LogP contribution in [0.3, 0.4) is 0 Å². The van der Waals surface area contributed by atoms with Crippen LogP contribution in [0.25, 0.3) is 0 Å². The fraction of sp³-hybridized carbons (Fsp3) is 0.364. The summed E-state index contributed by atoms with van der Waals surface area (Å²) in [4.78, 5) is 10.5. The summed E-state index contributed by atoms with van der Waals surface area (Å²) in [7, 11) is -2.46. The minimum Gasteiger partial charge on any atom is -0.480 e. The Bertz CT molecular complexity index is 536. The number of sulfonamides is 1. The summed E-state index contributed by atoms with van der Waals surface area (Å²) in [6, 6.07) is 5.31. The Morgan fingerprint density at radius 2 is 1.94 bits per heavy atom. The van der Waals surface area contributed by atoms with E-state index in [1.165, 1.54) is 7.05 Å². The van der Waals surface area contributed by atoms with Crippen molar-refractivity contribution in [1.82, 2.24) is 0 Å². The van der Waals surface area contributed by atoms with Gasteiger partial charge in [-0.05, 0) is 25.5 Å². The van der Waals surface area contributed by atoms with Crippen molar-refractivity contribution in [2.45, 2.75) is 13.8 Å². The second-order valence-electron chi connectivity index (χ2n) is 3.91. The molecule has 0 unspecified atom stereocenters. The maximum atomic E-state index is 11.7. The lowest BCUT2D eigenvalue weighted by Gasteiger charge is -2.20. The largest absolute Gasteiger partial charge is 0.480 e. The number of aliphatic carboxylic acids is 1. The first-order chi connectivity index (χ1) is 7.74. The van der Waals surface area contributed by atoms with E-state index in [0.29, 0.717) is 5.69 Å². The van der Waals surface area contributed by atoms with Crippen LogP contribution in [0.2, 0.25) is 0 Å². The summed E-state index contributed by atoms with van der Waals surface area (Å²) in [5, 5.41) is 8.55. The monoisotopic (exact) mass is 257 g/mol. The van der Waals surface area contributed by atoms with Crippen molar-refractivity contribution in [3.8, 4) is 0 Å². The van der Waals surface area contributed by atoms with Gasteiger partial charge in [0.25, 0.3) is 0 Å². The molecule has 0 heterocycles. The predicted molar refractivity (Wildman–Crippen MR) is 65.7 cm³/mol. The predicted octanol–water partition coefficient (Wildman–Crippen LogP) is 1.15. The van der Waals surface area contributed by atoms with Crippen molar-refractivity contribution in [1.29, 1.82) is 0 Å². The van der Waals surface area contributed by atoms with Gasteiger partial charge in [0.2, 0.25) is 10.0 Å². The zero-order chi connectivity index (χ0) is 13.2. The Morgan fingerprint density at radius 3 is 2.41 bits per heavy atom. The molecule has 0 aliphatic heterocycles. The molecule has 0 aromatic heterocycles. The first-order valence-electron chi connectivity index (χ1n) is 4.99. The van der Waals surface area contributed by atoms with Gasteiger partial charge in [-0.3, -0.25) is 9.10 Å². The molecule has 0 aliphatic carbocycles. The normalized spacial score (nSPS) is 11.2. The number of benzene rings is 1. The quantitative estimate of drug-likeness (QED) is 0.878. The molecule has 17 heavy (non-hydrogen) atoms. The highest BCUT2D eigenvalue weighted by Gasteiger charge is 2.23. The summed E-state index contributed by atoms with van der Waals surface area (Å²) in [6.07, 6.45) is 0. The molecule has 0 aliphatic rings. The number of anilines is 1. The van der Waals surface area contributed by atoms with Crippen molar-refractivity contribution >= 4 is 21.7 Å². The molecule has 0 fully saturated rings. The summed E-state index contributed by atoms with van der Waals surface area (Å²) in [5.41, 5.74) is 2.31. The van der Waals surface area contributed by atoms with Gasteiger partial charge in [0.05, 0.1) is 5.69 Å². The van der Waals surface area contributed by atoms with E-state index in [1.807, 2.05) is 13.0 Å². The van der Waals surface area contributed by atoms with Gasteiger partial charge in [-0.15, -0.1) is 0 Å². The van der Waals surface area contributed by atoms with Crippen LogP contribution in [-0.4, -0.2) is 32.3 Å². The molecule has 0 bridgehead atoms. The van der Waals surface area contributed by atoms with Crippen molar-refractivity contribution in [3.63, 3.8) is 0 Å². The van der Waals surface area contributed by atoms with Gasteiger partial charge >= 0.3 is 5.97 Å². The molecule has 5 nitrogen and oxygen atoms in total. The van der Waals surface area contributed by atoms with Crippen molar-refractivity contribution in [2.24, 2.45) is 0 Å². The first-order valence-corrected chi connectivity index (χ1v) is 6.60. The van der Waals surface area contributed by atoms with Gasteiger partial charge < -0.3 is 5.11 Å². The molecule has 1 N–H and O–H groups in total. The highest BCUT2D eigenvalue weighted by atomic mass is 32.2. The van der Waals surface area contributed by atoms with Crippen molar-refractivity contribution < 1.29 is 18.3 Å². The Balaban J connectivity index is 3.12. The third-order valence-electron chi connectivity index (χ3n) is 2.41. The average Bonchev–Trinajstić information content (AvgIpc) is 2.14. The van der Waals surface area contributed by atoms with Crippen LogP contribution in [-0.2, 0) is 14.8 Å². The zero-order valence-corrected chi connectivity index (χ0v) is 10.8. The lowest BCUT2D eigenvalue weighted by Crippen LogP contribution is -2.32. The standard InChI is InChI=1S/C11H15NO4S/c1-8-4-5-10(9(2)6-8)12(3)17(15,16)7-11(13)14/h4-6H,7H2,1-3H3,(H,13,14). The second kappa shape index (κ2) is 4.75. The molecule has 0 saturated heterocycles. The number of rotatable bonds is 4. The molecule has 1 aromatic rings. The van der Waals surface area contributed by atoms with Crippen LogP contribution in [0.15, 0.2) is 18.2 Å². The van der Waals surface area contributed by atoms with Crippen LogP contribution in [0.4, 0.5) is 5.69 Å². The summed E-state index contributed by atoms with van der Waals surface area (Å²) in [5.74, 6) is -2.27. The molecule has 94 valence electrons. The highest BCUT2D eigenvalue weighted by molar-refractivity contribution is 7.93. The molecule has 0 saturated carbocycles. The number of hydrogen-bond acceptors (Lipinski definition) is 3. The molecule has 0 atom stereocenters. The fourth-order valence-electron chi connectivity index (χ4n) is 1.56. The van der Waals surface area contributed by atoms with Crippen LogP contribution in [0.1, 0.15) is 11.1 Å². The second-order valence-corrected chi connectivity index (χ2v) is 5.91. The topological polar surface area (TPSA) is 74.7 Å². The number of carbonyl (C=O) groups is 1. The molecular formula is C11H15NO4S. The maximum absolute atomic E-state index is 11.7. The molecule has 1 rings (SSSR count). The van der Waals surface area contributed by atoms with Crippen LogP contribution in [0, 0.1) is 13.8 Å². The van der Waals surface area contributed by atoms with E-state index in [1.54, 1.807) is 19.1 Å². The number of carboxylic acids is 1. The van der Waals surface area contributed by atoms with Gasteiger partial charge in [0.15, 0.2) is 5.75 Å². The summed E-state index contributed by atoms with van der Waals surface area (Å²) < 4.78 is 24.5. The lowest BCUT2D eigenvalue weighted by molar-refractivity contribution is -0.134. The summed E-state index contributed by atoms with van der Waals surface area (Å²) in [6.45, 7) is 3.69. The first kappa shape index (κ1) is 13.5. The Kier molecular flexibility index (Phi) is 3.77. The molecule has 0 radical (unpaired) electrons. The smallest absolute Gasteiger partial charge is 0.320 e. The van der Waals surface area contributed by atoms with E-state index >= 15 is 0 Å². The van der Waals surface area contributed by atoms with E-state index in [2.05, 4.69) is 0 Å². The van der Waals surface area contributed by atoms with Gasteiger partial charge in [0.1, 0.15) is 0 Å². The van der Waals surface area contributed by atoms with Gasteiger partial charge in [-0.25, -0.2) is 8.42 Å². The minimum atomic E-state index is -3.81. The van der Waals surface area contributed by atoms with Crippen LogP contribution < -0.4 is 4.31 Å². The number of hydrogen-bond donors (Lipinski definition) is 1. The summed E-state index contributed by atoms with van der Waals surface area (Å²) >= 11 is 0. The molecule has 0 spiro atoms. The highest BCUT2D eigenvalue weighted by Crippen LogP contribution is 2.22. The van der Waals surface area contributed by atoms with Crippen LogP contribution >= 0.6 is 0 Å². The number of aryl methyl sites for hydroxylation is 2. The Hall–Kier alpha value is -1.56. The number of nitrogens with zero attached hydrogens (tertiary/aromatic N) is 1. The number of carboxylic acid groups (broad SMARTS) is 1. The minimum absolute atomic E-state index is 0.497. The Morgan fingerprint density at radius 1 is 1.35 bits per heavy atom. The zero-order valence-electron chi connectivity index (χ0n) is 9.97. The van der Waals surface area contributed by atoms with Crippen molar-refractivity contribution in [3.05, 3.63) is 29.3 Å². The SMILES string of the molecule is Cc1ccc(N(C)S(=O)(=O)CC(=O)O)c(C)c1. The lowest BCUT2D eigenvalue weighted by atomic mass is 10.1. The van der Waals surface area contributed by atoms with Gasteiger partial charge in [0, 0.05) is 7.05 Å². The van der Waals surface area contributed by atoms with E-state index in [-0.39, 0.29) is 0 Å². The van der Waals surface area contributed by atoms with E-state index in [4.69, 9.17) is 5.11 Å². The average molecular weight is 257 g/mol. The van der Waals surface area contributed by atoms with Gasteiger partial charge in [-0.2, -0.15) is 0 Å². The molecular weight excluding hydrogens is 242 g/mol. The van der Waals surface area contributed by atoms with Crippen molar-refractivity contribution in [2.75, 3.05) is 17.1 Å². The van der Waals surface area contributed by atoms with Gasteiger partial charge in [-0.1, -0.05) is 17.7 Å². The van der Waals surface area contributed by atoms with E-state index in [9.17, 15) is 13.2 Å². The third kappa shape index (κ3) is 3.20. The third-order valence-corrected chi connectivity index (χ3v) is 4.06. The molecule has 6 heteroatoms. The van der Waals surface area contributed by atoms with E-state index < -0.39 is 21.7 Å². The molecule has 1 aromatic carbocycles. The molecule has 0 amide bonds. The fourth-order valence-corrected chi connectivity index (χ4v) is 2.57. The van der Waals surface area contributed by atoms with E-state index in [0.717, 1.165) is 15.4 Å². The maximum Gasteiger partial charge on any atom is 0.320 e. The van der Waals surface area contributed by atoms with Crippen LogP contribution in [0.5, 0.6) is 0 Å².